The topological polar surface area (TPSA) is 41.5 Å². The second-order valence-corrected chi connectivity index (χ2v) is 4.80. The molecular formula is C16H18ClNO2. The molecule has 2 rings (SSSR count). The number of hydrogen-bond acceptors (Lipinski definition) is 3. The number of benzene rings is 2. The van der Waals surface area contributed by atoms with E-state index in [0.29, 0.717) is 24.7 Å². The molecule has 106 valence electrons. The largest absolute Gasteiger partial charge is 0.489 e. The number of rotatable bonds is 7. The van der Waals surface area contributed by atoms with Crippen LogP contribution in [-0.2, 0) is 13.2 Å². The van der Waals surface area contributed by atoms with E-state index >= 15 is 0 Å². The van der Waals surface area contributed by atoms with Gasteiger partial charge in [0.15, 0.2) is 0 Å². The average molecular weight is 292 g/mol. The molecule has 2 aromatic carbocycles. The molecule has 3 nitrogen and oxygen atoms in total. The fourth-order valence-electron chi connectivity index (χ4n) is 1.86. The molecule has 2 aromatic rings. The lowest BCUT2D eigenvalue weighted by molar-refractivity contribution is 0.288. The maximum absolute atomic E-state index is 8.79. The summed E-state index contributed by atoms with van der Waals surface area (Å²) in [4.78, 5) is 0. The van der Waals surface area contributed by atoms with Crippen molar-refractivity contribution in [3.63, 3.8) is 0 Å². The second-order valence-electron chi connectivity index (χ2n) is 4.39. The van der Waals surface area contributed by atoms with Crippen LogP contribution in [0.3, 0.4) is 0 Å². The van der Waals surface area contributed by atoms with Gasteiger partial charge in [0.2, 0.25) is 0 Å². The van der Waals surface area contributed by atoms with Crippen molar-refractivity contribution in [2.75, 3.05) is 13.2 Å². The summed E-state index contributed by atoms with van der Waals surface area (Å²) in [5, 5.41) is 12.6. The Bertz CT molecular complexity index is 546. The molecule has 0 amide bonds. The maximum atomic E-state index is 8.79. The van der Waals surface area contributed by atoms with Crippen LogP contribution in [0.25, 0.3) is 0 Å². The molecule has 0 spiro atoms. The number of nitrogens with one attached hydrogen (secondary N) is 1. The molecule has 0 fully saturated rings. The molecule has 0 aliphatic carbocycles. The number of para-hydroxylation sites is 1. The number of ether oxygens (including phenoxy) is 1. The van der Waals surface area contributed by atoms with Crippen molar-refractivity contribution in [2.24, 2.45) is 0 Å². The summed E-state index contributed by atoms with van der Waals surface area (Å²) in [5.74, 6) is 0.831. The number of halogens is 1. The van der Waals surface area contributed by atoms with Crippen LogP contribution in [0.2, 0.25) is 5.02 Å². The highest BCUT2D eigenvalue weighted by Crippen LogP contribution is 2.21. The van der Waals surface area contributed by atoms with E-state index in [-0.39, 0.29) is 6.61 Å². The van der Waals surface area contributed by atoms with E-state index < -0.39 is 0 Å². The Morgan fingerprint density at radius 2 is 1.70 bits per heavy atom. The zero-order valence-electron chi connectivity index (χ0n) is 11.2. The Morgan fingerprint density at radius 1 is 1.00 bits per heavy atom. The van der Waals surface area contributed by atoms with Crippen LogP contribution >= 0.6 is 11.6 Å². The quantitative estimate of drug-likeness (QED) is 0.771. The monoisotopic (exact) mass is 291 g/mol. The molecule has 0 aliphatic heterocycles. The molecule has 0 aliphatic rings. The number of hydrogen-bond donors (Lipinski definition) is 2. The molecule has 0 bridgehead atoms. The van der Waals surface area contributed by atoms with Gasteiger partial charge < -0.3 is 15.2 Å². The highest BCUT2D eigenvalue weighted by atomic mass is 35.5. The zero-order valence-corrected chi connectivity index (χ0v) is 11.9. The van der Waals surface area contributed by atoms with Gasteiger partial charge in [0, 0.05) is 29.2 Å². The van der Waals surface area contributed by atoms with E-state index in [1.807, 2.05) is 48.5 Å². The van der Waals surface area contributed by atoms with Crippen molar-refractivity contribution in [1.29, 1.82) is 0 Å². The van der Waals surface area contributed by atoms with E-state index in [1.54, 1.807) is 0 Å². The first kappa shape index (κ1) is 14.9. The third kappa shape index (κ3) is 4.23. The Morgan fingerprint density at radius 3 is 2.45 bits per heavy atom. The van der Waals surface area contributed by atoms with Gasteiger partial charge in [-0.05, 0) is 12.1 Å². The summed E-state index contributed by atoms with van der Waals surface area (Å²) in [7, 11) is 0. The van der Waals surface area contributed by atoms with Crippen molar-refractivity contribution in [3.05, 3.63) is 64.7 Å². The summed E-state index contributed by atoms with van der Waals surface area (Å²) in [6, 6.07) is 15.5. The van der Waals surface area contributed by atoms with Gasteiger partial charge in [-0.25, -0.2) is 0 Å². The van der Waals surface area contributed by atoms with Crippen molar-refractivity contribution >= 4 is 11.6 Å². The van der Waals surface area contributed by atoms with Gasteiger partial charge in [0.25, 0.3) is 0 Å². The van der Waals surface area contributed by atoms with Crippen molar-refractivity contribution in [1.82, 2.24) is 5.32 Å². The Kier molecular flexibility index (Phi) is 5.87. The van der Waals surface area contributed by atoms with E-state index in [0.717, 1.165) is 16.9 Å². The summed E-state index contributed by atoms with van der Waals surface area (Å²) < 4.78 is 5.85. The lowest BCUT2D eigenvalue weighted by atomic mass is 10.2. The van der Waals surface area contributed by atoms with E-state index in [1.165, 1.54) is 0 Å². The minimum atomic E-state index is 0.128. The molecule has 0 heterocycles. The maximum Gasteiger partial charge on any atom is 0.124 e. The van der Waals surface area contributed by atoms with E-state index in [4.69, 9.17) is 21.4 Å². The van der Waals surface area contributed by atoms with Gasteiger partial charge in [-0.2, -0.15) is 0 Å². The molecule has 20 heavy (non-hydrogen) atoms. The van der Waals surface area contributed by atoms with Crippen LogP contribution in [0, 0.1) is 0 Å². The standard InChI is InChI=1S/C16H18ClNO2/c17-15-7-3-1-6-14(15)12-20-16-8-4-2-5-13(16)11-18-9-10-19/h1-8,18-19H,9-12H2. The first-order chi connectivity index (χ1) is 9.81. The van der Waals surface area contributed by atoms with Gasteiger partial charge >= 0.3 is 0 Å². The Hall–Kier alpha value is -1.55. The predicted octanol–water partition coefficient (Wildman–Crippen LogP) is 3.00. The van der Waals surface area contributed by atoms with Gasteiger partial charge in [-0.3, -0.25) is 0 Å². The first-order valence-corrected chi connectivity index (χ1v) is 6.94. The third-order valence-electron chi connectivity index (χ3n) is 2.92. The molecule has 0 saturated heterocycles. The van der Waals surface area contributed by atoms with Gasteiger partial charge in [-0.1, -0.05) is 48.0 Å². The van der Waals surface area contributed by atoms with E-state index in [2.05, 4.69) is 5.32 Å². The molecule has 0 aromatic heterocycles. The molecule has 0 unspecified atom stereocenters. The molecule has 4 heteroatoms. The van der Waals surface area contributed by atoms with Crippen LogP contribution in [0.5, 0.6) is 5.75 Å². The van der Waals surface area contributed by atoms with Crippen molar-refractivity contribution in [3.8, 4) is 5.75 Å². The minimum Gasteiger partial charge on any atom is -0.489 e. The summed E-state index contributed by atoms with van der Waals surface area (Å²) >= 11 is 6.11. The third-order valence-corrected chi connectivity index (χ3v) is 3.29. The number of aliphatic hydroxyl groups excluding tert-OH is 1. The van der Waals surface area contributed by atoms with E-state index in [9.17, 15) is 0 Å². The van der Waals surface area contributed by atoms with Gasteiger partial charge in [0.1, 0.15) is 12.4 Å². The van der Waals surface area contributed by atoms with Crippen LogP contribution in [0.4, 0.5) is 0 Å². The van der Waals surface area contributed by atoms with Crippen LogP contribution in [0.1, 0.15) is 11.1 Å². The molecule has 0 saturated carbocycles. The number of aliphatic hydroxyl groups is 1. The Labute approximate surface area is 124 Å². The summed E-state index contributed by atoms with van der Waals surface area (Å²) in [6.45, 7) is 1.80. The van der Waals surface area contributed by atoms with Gasteiger partial charge in [0.05, 0.1) is 6.61 Å². The smallest absolute Gasteiger partial charge is 0.124 e. The minimum absolute atomic E-state index is 0.128. The fraction of sp³-hybridized carbons (Fsp3) is 0.250. The van der Waals surface area contributed by atoms with Crippen LogP contribution < -0.4 is 10.1 Å². The molecule has 0 atom stereocenters. The summed E-state index contributed by atoms with van der Waals surface area (Å²) in [5.41, 5.74) is 2.03. The first-order valence-electron chi connectivity index (χ1n) is 6.57. The van der Waals surface area contributed by atoms with Crippen molar-refractivity contribution < 1.29 is 9.84 Å². The lowest BCUT2D eigenvalue weighted by Crippen LogP contribution is -2.18. The molecule has 0 radical (unpaired) electrons. The van der Waals surface area contributed by atoms with Crippen molar-refractivity contribution in [2.45, 2.75) is 13.2 Å². The van der Waals surface area contributed by atoms with Crippen LogP contribution in [-0.4, -0.2) is 18.3 Å². The lowest BCUT2D eigenvalue weighted by Gasteiger charge is -2.12. The highest BCUT2D eigenvalue weighted by molar-refractivity contribution is 6.31. The summed E-state index contributed by atoms with van der Waals surface area (Å²) in [6.07, 6.45) is 0. The Balaban J connectivity index is 2.00. The van der Waals surface area contributed by atoms with Gasteiger partial charge in [-0.15, -0.1) is 0 Å². The molecular weight excluding hydrogens is 274 g/mol. The second kappa shape index (κ2) is 7.90. The molecule has 2 N–H and O–H groups in total. The SMILES string of the molecule is OCCNCc1ccccc1OCc1ccccc1Cl. The normalized spacial score (nSPS) is 10.5. The predicted molar refractivity (Wildman–Crippen MR) is 81.0 cm³/mol. The average Bonchev–Trinajstić information content (AvgIpc) is 2.48. The zero-order chi connectivity index (χ0) is 14.2. The fourth-order valence-corrected chi connectivity index (χ4v) is 2.05. The highest BCUT2D eigenvalue weighted by Gasteiger charge is 2.04. The van der Waals surface area contributed by atoms with Crippen LogP contribution in [0.15, 0.2) is 48.5 Å².